The Kier molecular flexibility index (Phi) is 2.96. The van der Waals surface area contributed by atoms with Crippen LogP contribution in [0.25, 0.3) is 10.9 Å². The van der Waals surface area contributed by atoms with Crippen molar-refractivity contribution in [3.63, 3.8) is 0 Å². The number of aromatic hydroxyl groups is 1. The first-order valence-corrected chi connectivity index (χ1v) is 5.79. The predicted molar refractivity (Wildman–Crippen MR) is 70.8 cm³/mol. The molecule has 5 nitrogen and oxygen atoms in total. The quantitative estimate of drug-likeness (QED) is 0.827. The molecule has 0 aliphatic rings. The maximum absolute atomic E-state index is 14.2. The molecule has 2 rings (SSSR count). The zero-order valence-corrected chi connectivity index (χ0v) is 11.3. The Hall–Kier alpha value is -2.11. The van der Waals surface area contributed by atoms with Crippen molar-refractivity contribution < 1.29 is 14.2 Å². The smallest absolute Gasteiger partial charge is 0.198 e. The van der Waals surface area contributed by atoms with Gasteiger partial charge in [0.15, 0.2) is 17.3 Å². The SMILES string of the molecule is COc1c(O)cc2c(N)nc(C(C)(C)C)nc2c1F. The molecule has 0 amide bonds. The lowest BCUT2D eigenvalue weighted by Crippen LogP contribution is -2.17. The monoisotopic (exact) mass is 265 g/mol. The summed E-state index contributed by atoms with van der Waals surface area (Å²) in [4.78, 5) is 8.36. The van der Waals surface area contributed by atoms with Crippen LogP contribution in [-0.4, -0.2) is 22.2 Å². The van der Waals surface area contributed by atoms with Gasteiger partial charge in [0.25, 0.3) is 0 Å². The molecular formula is C13H16FN3O2. The van der Waals surface area contributed by atoms with Crippen molar-refractivity contribution in [3.8, 4) is 11.5 Å². The van der Waals surface area contributed by atoms with Crippen LogP contribution in [0.1, 0.15) is 26.6 Å². The van der Waals surface area contributed by atoms with Crippen LogP contribution < -0.4 is 10.5 Å². The molecule has 1 aromatic heterocycles. The Morgan fingerprint density at radius 3 is 2.47 bits per heavy atom. The summed E-state index contributed by atoms with van der Waals surface area (Å²) in [6.45, 7) is 5.72. The first-order valence-electron chi connectivity index (χ1n) is 5.79. The number of nitrogens with two attached hydrogens (primary N) is 1. The van der Waals surface area contributed by atoms with Gasteiger partial charge in [-0.05, 0) is 6.07 Å². The van der Waals surface area contributed by atoms with E-state index in [2.05, 4.69) is 9.97 Å². The van der Waals surface area contributed by atoms with Gasteiger partial charge in [-0.3, -0.25) is 0 Å². The molecular weight excluding hydrogens is 249 g/mol. The maximum atomic E-state index is 14.2. The number of fused-ring (bicyclic) bond motifs is 1. The standard InChI is InChI=1S/C13H16FN3O2/c1-13(2,3)12-16-9-6(11(15)17-12)5-7(18)10(19-4)8(9)14/h5,18H,1-4H3,(H2,15,16,17). The van der Waals surface area contributed by atoms with Gasteiger partial charge in [0.2, 0.25) is 0 Å². The molecule has 102 valence electrons. The van der Waals surface area contributed by atoms with Crippen LogP contribution in [0.15, 0.2) is 6.07 Å². The van der Waals surface area contributed by atoms with Crippen molar-refractivity contribution in [2.24, 2.45) is 0 Å². The molecule has 1 heterocycles. The van der Waals surface area contributed by atoms with Crippen LogP contribution in [-0.2, 0) is 5.41 Å². The fourth-order valence-corrected chi connectivity index (χ4v) is 1.75. The van der Waals surface area contributed by atoms with E-state index in [1.807, 2.05) is 20.8 Å². The third-order valence-corrected chi connectivity index (χ3v) is 2.77. The molecule has 0 radical (unpaired) electrons. The molecule has 0 aliphatic carbocycles. The highest BCUT2D eigenvalue weighted by Gasteiger charge is 2.23. The van der Waals surface area contributed by atoms with Gasteiger partial charge in [0, 0.05) is 10.8 Å². The summed E-state index contributed by atoms with van der Waals surface area (Å²) in [6.07, 6.45) is 0. The third kappa shape index (κ3) is 2.14. The van der Waals surface area contributed by atoms with Crippen molar-refractivity contribution in [2.45, 2.75) is 26.2 Å². The van der Waals surface area contributed by atoms with E-state index in [9.17, 15) is 9.50 Å². The predicted octanol–water partition coefficient (Wildman–Crippen LogP) is 2.36. The van der Waals surface area contributed by atoms with Crippen LogP contribution in [0.4, 0.5) is 10.2 Å². The Morgan fingerprint density at radius 1 is 1.32 bits per heavy atom. The van der Waals surface area contributed by atoms with Gasteiger partial charge < -0.3 is 15.6 Å². The molecule has 0 bridgehead atoms. The topological polar surface area (TPSA) is 81.3 Å². The van der Waals surface area contributed by atoms with Gasteiger partial charge in [-0.1, -0.05) is 20.8 Å². The average Bonchev–Trinajstić information content (AvgIpc) is 2.29. The average molecular weight is 265 g/mol. The van der Waals surface area contributed by atoms with Crippen molar-refractivity contribution in [1.29, 1.82) is 0 Å². The first kappa shape index (κ1) is 13.3. The molecule has 0 saturated carbocycles. The molecule has 3 N–H and O–H groups in total. The molecule has 2 aromatic rings. The van der Waals surface area contributed by atoms with Crippen LogP contribution in [0, 0.1) is 5.82 Å². The first-order chi connectivity index (χ1) is 8.75. The Labute approximate surface area is 110 Å². The largest absolute Gasteiger partial charge is 0.504 e. The molecule has 6 heteroatoms. The van der Waals surface area contributed by atoms with Crippen molar-refractivity contribution >= 4 is 16.7 Å². The molecule has 0 atom stereocenters. The number of aromatic nitrogens is 2. The van der Waals surface area contributed by atoms with Gasteiger partial charge in [0.1, 0.15) is 17.2 Å². The van der Waals surface area contributed by atoms with Crippen molar-refractivity contribution in [3.05, 3.63) is 17.7 Å². The number of phenolic OH excluding ortho intramolecular Hbond substituents is 1. The second-order valence-corrected chi connectivity index (χ2v) is 5.32. The normalized spacial score (nSPS) is 11.8. The second-order valence-electron chi connectivity index (χ2n) is 5.32. The van der Waals surface area contributed by atoms with E-state index in [0.29, 0.717) is 5.82 Å². The van der Waals surface area contributed by atoms with E-state index in [4.69, 9.17) is 10.5 Å². The van der Waals surface area contributed by atoms with Crippen LogP contribution in [0.5, 0.6) is 11.5 Å². The fourth-order valence-electron chi connectivity index (χ4n) is 1.75. The van der Waals surface area contributed by atoms with Crippen LogP contribution in [0.3, 0.4) is 0 Å². The zero-order valence-electron chi connectivity index (χ0n) is 11.3. The lowest BCUT2D eigenvalue weighted by molar-refractivity contribution is 0.353. The minimum atomic E-state index is -0.739. The van der Waals surface area contributed by atoms with Crippen LogP contribution in [0.2, 0.25) is 0 Å². The molecule has 0 fully saturated rings. The molecule has 0 saturated heterocycles. The Balaban J connectivity index is 2.87. The van der Waals surface area contributed by atoms with E-state index >= 15 is 0 Å². The number of rotatable bonds is 1. The fraction of sp³-hybridized carbons (Fsp3) is 0.385. The summed E-state index contributed by atoms with van der Waals surface area (Å²) in [5.41, 5.74) is 5.50. The number of ether oxygens (including phenoxy) is 1. The number of benzene rings is 1. The maximum Gasteiger partial charge on any atom is 0.198 e. The number of phenols is 1. The van der Waals surface area contributed by atoms with Crippen molar-refractivity contribution in [1.82, 2.24) is 9.97 Å². The summed E-state index contributed by atoms with van der Waals surface area (Å²) < 4.78 is 19.1. The number of hydrogen-bond acceptors (Lipinski definition) is 5. The van der Waals surface area contributed by atoms with E-state index < -0.39 is 5.82 Å². The molecule has 1 aromatic carbocycles. The zero-order chi connectivity index (χ0) is 14.4. The number of methoxy groups -OCH3 is 1. The summed E-state index contributed by atoms with van der Waals surface area (Å²) in [6, 6.07) is 1.30. The molecule has 19 heavy (non-hydrogen) atoms. The van der Waals surface area contributed by atoms with E-state index in [1.54, 1.807) is 0 Å². The number of hydrogen-bond donors (Lipinski definition) is 2. The number of anilines is 1. The van der Waals surface area contributed by atoms with E-state index in [1.165, 1.54) is 13.2 Å². The third-order valence-electron chi connectivity index (χ3n) is 2.77. The van der Waals surface area contributed by atoms with E-state index in [0.717, 1.165) is 0 Å². The highest BCUT2D eigenvalue weighted by molar-refractivity contribution is 5.91. The highest BCUT2D eigenvalue weighted by Crippen LogP contribution is 2.36. The van der Waals surface area contributed by atoms with Gasteiger partial charge in [0.05, 0.1) is 7.11 Å². The van der Waals surface area contributed by atoms with Crippen molar-refractivity contribution in [2.75, 3.05) is 12.8 Å². The number of halogens is 1. The lowest BCUT2D eigenvalue weighted by Gasteiger charge is -2.18. The van der Waals surface area contributed by atoms with Gasteiger partial charge in [-0.15, -0.1) is 0 Å². The highest BCUT2D eigenvalue weighted by atomic mass is 19.1. The Bertz CT molecular complexity index is 651. The minimum Gasteiger partial charge on any atom is -0.504 e. The van der Waals surface area contributed by atoms with Gasteiger partial charge in [-0.2, -0.15) is 0 Å². The minimum absolute atomic E-state index is 0.0482. The second kappa shape index (κ2) is 4.22. The molecule has 0 spiro atoms. The van der Waals surface area contributed by atoms with E-state index in [-0.39, 0.29) is 33.6 Å². The molecule has 0 unspecified atom stereocenters. The van der Waals surface area contributed by atoms with Gasteiger partial charge in [-0.25, -0.2) is 14.4 Å². The lowest BCUT2D eigenvalue weighted by atomic mass is 9.95. The molecule has 0 aliphatic heterocycles. The Morgan fingerprint density at radius 2 is 1.95 bits per heavy atom. The summed E-state index contributed by atoms with van der Waals surface area (Å²) in [5, 5.41) is 9.93. The summed E-state index contributed by atoms with van der Waals surface area (Å²) >= 11 is 0. The number of nitrogens with zero attached hydrogens (tertiary/aromatic N) is 2. The van der Waals surface area contributed by atoms with Gasteiger partial charge >= 0.3 is 0 Å². The summed E-state index contributed by atoms with van der Waals surface area (Å²) in [7, 11) is 1.28. The van der Waals surface area contributed by atoms with Crippen LogP contribution >= 0.6 is 0 Å². The summed E-state index contributed by atoms with van der Waals surface area (Å²) in [5.74, 6) is -0.746. The number of nitrogen functional groups attached to an aromatic ring is 1.